The summed E-state index contributed by atoms with van der Waals surface area (Å²) in [5, 5.41) is 0. The number of pyridine rings is 1. The maximum absolute atomic E-state index is 15.4. The van der Waals surface area contributed by atoms with E-state index >= 15 is 4.39 Å². The third-order valence-corrected chi connectivity index (χ3v) is 9.18. The van der Waals surface area contributed by atoms with Crippen LogP contribution in [0.25, 0.3) is 0 Å². The molecule has 1 fully saturated rings. The van der Waals surface area contributed by atoms with Gasteiger partial charge in [0.05, 0.1) is 11.3 Å². The molecule has 0 N–H and O–H groups in total. The number of ether oxygens (including phenoxy) is 2. The molecule has 0 aliphatic heterocycles. The van der Waals surface area contributed by atoms with Crippen LogP contribution in [-0.4, -0.2) is 67.8 Å². The number of halogens is 5. The highest BCUT2D eigenvalue weighted by Crippen LogP contribution is 2.40. The Morgan fingerprint density at radius 1 is 1.07 bits per heavy atom. The van der Waals surface area contributed by atoms with Crippen LogP contribution in [0.2, 0.25) is 0 Å². The van der Waals surface area contributed by atoms with Crippen LogP contribution >= 0.6 is 0 Å². The van der Waals surface area contributed by atoms with Gasteiger partial charge in [-0.15, -0.1) is 0 Å². The fraction of sp³-hybridized carbons (Fsp3) is 0.464. The minimum absolute atomic E-state index is 0.0198. The van der Waals surface area contributed by atoms with Crippen LogP contribution in [0.4, 0.5) is 27.8 Å². The molecule has 3 aromatic rings. The first-order valence-corrected chi connectivity index (χ1v) is 14.9. The van der Waals surface area contributed by atoms with Gasteiger partial charge >= 0.3 is 6.18 Å². The molecule has 15 heteroatoms. The van der Waals surface area contributed by atoms with Crippen molar-refractivity contribution < 1.29 is 39.8 Å². The van der Waals surface area contributed by atoms with Crippen LogP contribution in [-0.2, 0) is 20.9 Å². The van der Waals surface area contributed by atoms with E-state index in [1.54, 1.807) is 25.9 Å². The van der Waals surface area contributed by atoms with Crippen LogP contribution in [0.5, 0.6) is 5.88 Å². The predicted molar refractivity (Wildman–Crippen MR) is 147 cm³/mol. The van der Waals surface area contributed by atoms with Gasteiger partial charge in [-0.25, -0.2) is 36.5 Å². The molecule has 3 atom stereocenters. The molecule has 1 aliphatic carbocycles. The highest BCUT2D eigenvalue weighted by Gasteiger charge is 2.38. The minimum Gasteiger partial charge on any atom is -0.471 e. The first kappa shape index (κ1) is 32.5. The van der Waals surface area contributed by atoms with Gasteiger partial charge in [-0.2, -0.15) is 13.2 Å². The van der Waals surface area contributed by atoms with E-state index in [0.29, 0.717) is 6.07 Å². The van der Waals surface area contributed by atoms with E-state index in [1.807, 2.05) is 0 Å². The molecular formula is C28H32F5N5O4S. The fourth-order valence-electron chi connectivity index (χ4n) is 5.13. The first-order valence-electron chi connectivity index (χ1n) is 13.5. The number of aromatic nitrogens is 3. The summed E-state index contributed by atoms with van der Waals surface area (Å²) in [4.78, 5) is 13.3. The number of hydrogen-bond acceptors (Lipinski definition) is 8. The van der Waals surface area contributed by atoms with Crippen molar-refractivity contribution >= 4 is 15.8 Å². The molecule has 2 heterocycles. The lowest BCUT2D eigenvalue weighted by molar-refractivity contribution is -0.137. The SMILES string of the molecule is CCOCN(c1ccncn1)S(=O)(=O)c1cc(F)c(O[C@H]2CC[C@H](c3cc(C(F)(F)F)ccc3F)C[C@@H]2N(C)C)nc1C. The van der Waals surface area contributed by atoms with Crippen molar-refractivity contribution in [2.75, 3.05) is 31.7 Å². The summed E-state index contributed by atoms with van der Waals surface area (Å²) >= 11 is 0. The highest BCUT2D eigenvalue weighted by atomic mass is 32.2. The predicted octanol–water partition coefficient (Wildman–Crippen LogP) is 5.31. The summed E-state index contributed by atoms with van der Waals surface area (Å²) in [5.41, 5.74) is -0.997. The van der Waals surface area contributed by atoms with Crippen LogP contribution in [0.3, 0.4) is 0 Å². The van der Waals surface area contributed by atoms with Crippen LogP contribution < -0.4 is 9.04 Å². The molecule has 0 radical (unpaired) electrons. The molecule has 0 amide bonds. The Morgan fingerprint density at radius 2 is 1.81 bits per heavy atom. The number of aryl methyl sites for hydroxylation is 1. The topological polar surface area (TPSA) is 97.8 Å². The van der Waals surface area contributed by atoms with Gasteiger partial charge in [-0.3, -0.25) is 0 Å². The Hall–Kier alpha value is -3.43. The summed E-state index contributed by atoms with van der Waals surface area (Å²) in [6.07, 6.45) is -1.95. The largest absolute Gasteiger partial charge is 0.471 e. The molecule has 234 valence electrons. The Kier molecular flexibility index (Phi) is 9.86. The molecule has 0 bridgehead atoms. The number of sulfonamides is 1. The molecule has 0 unspecified atom stereocenters. The number of hydrogen-bond donors (Lipinski definition) is 0. The number of benzene rings is 1. The van der Waals surface area contributed by atoms with E-state index in [2.05, 4.69) is 15.0 Å². The second kappa shape index (κ2) is 13.1. The van der Waals surface area contributed by atoms with Gasteiger partial charge in [0, 0.05) is 31.0 Å². The molecule has 1 aromatic carbocycles. The summed E-state index contributed by atoms with van der Waals surface area (Å²) in [6, 6.07) is 4.13. The fourth-order valence-corrected chi connectivity index (χ4v) is 6.60. The van der Waals surface area contributed by atoms with Crippen molar-refractivity contribution in [3.8, 4) is 5.88 Å². The van der Waals surface area contributed by atoms with E-state index in [-0.39, 0.29) is 49.7 Å². The number of alkyl halides is 3. The average molecular weight is 630 g/mol. The Labute approximate surface area is 246 Å². The van der Waals surface area contributed by atoms with Crippen molar-refractivity contribution in [1.29, 1.82) is 0 Å². The zero-order valence-corrected chi connectivity index (χ0v) is 24.8. The van der Waals surface area contributed by atoms with Gasteiger partial charge in [-0.1, -0.05) is 0 Å². The molecular weight excluding hydrogens is 597 g/mol. The summed E-state index contributed by atoms with van der Waals surface area (Å²) in [7, 11) is -0.908. The van der Waals surface area contributed by atoms with Crippen LogP contribution in [0.1, 0.15) is 48.9 Å². The molecule has 9 nitrogen and oxygen atoms in total. The third-order valence-electron chi connectivity index (χ3n) is 7.33. The Morgan fingerprint density at radius 3 is 2.44 bits per heavy atom. The van der Waals surface area contributed by atoms with E-state index in [1.165, 1.54) is 25.5 Å². The summed E-state index contributed by atoms with van der Waals surface area (Å²) in [6.45, 7) is 2.92. The van der Waals surface area contributed by atoms with Gasteiger partial charge in [0.1, 0.15) is 35.7 Å². The van der Waals surface area contributed by atoms with E-state index in [9.17, 15) is 26.0 Å². The van der Waals surface area contributed by atoms with Crippen LogP contribution in [0.15, 0.2) is 47.8 Å². The molecule has 0 spiro atoms. The maximum atomic E-state index is 15.4. The van der Waals surface area contributed by atoms with Gasteiger partial charge in [0.15, 0.2) is 5.82 Å². The second-order valence-corrected chi connectivity index (χ2v) is 12.2. The van der Waals surface area contributed by atoms with Crippen molar-refractivity contribution in [3.05, 3.63) is 71.3 Å². The Bertz CT molecular complexity index is 1530. The zero-order valence-electron chi connectivity index (χ0n) is 24.0. The molecule has 1 aliphatic rings. The van der Waals surface area contributed by atoms with Gasteiger partial charge in [0.25, 0.3) is 15.9 Å². The van der Waals surface area contributed by atoms with Crippen molar-refractivity contribution in [1.82, 2.24) is 19.9 Å². The highest BCUT2D eigenvalue weighted by molar-refractivity contribution is 7.92. The normalized spacial score (nSPS) is 19.4. The number of anilines is 1. The van der Waals surface area contributed by atoms with Crippen molar-refractivity contribution in [2.45, 2.75) is 62.2 Å². The lowest BCUT2D eigenvalue weighted by Crippen LogP contribution is -2.46. The second-order valence-electron chi connectivity index (χ2n) is 10.3. The summed E-state index contributed by atoms with van der Waals surface area (Å²) < 4.78 is 109. The smallest absolute Gasteiger partial charge is 0.416 e. The van der Waals surface area contributed by atoms with E-state index in [0.717, 1.165) is 22.5 Å². The lowest BCUT2D eigenvalue weighted by atomic mass is 9.78. The van der Waals surface area contributed by atoms with Crippen molar-refractivity contribution in [3.63, 3.8) is 0 Å². The van der Waals surface area contributed by atoms with Crippen LogP contribution in [0, 0.1) is 18.6 Å². The third kappa shape index (κ3) is 7.21. The van der Waals surface area contributed by atoms with E-state index in [4.69, 9.17) is 9.47 Å². The first-order chi connectivity index (χ1) is 20.2. The lowest BCUT2D eigenvalue weighted by Gasteiger charge is -2.39. The Balaban J connectivity index is 1.59. The molecule has 0 saturated heterocycles. The molecule has 1 saturated carbocycles. The number of likely N-dealkylation sites (N-methyl/N-ethyl adjacent to an activating group) is 1. The maximum Gasteiger partial charge on any atom is 0.416 e. The number of nitrogens with zero attached hydrogens (tertiary/aromatic N) is 5. The monoisotopic (exact) mass is 629 g/mol. The van der Waals surface area contributed by atoms with Crippen molar-refractivity contribution in [2.24, 2.45) is 0 Å². The quantitative estimate of drug-likeness (QED) is 0.220. The van der Waals surface area contributed by atoms with Gasteiger partial charge < -0.3 is 14.4 Å². The minimum atomic E-state index is -4.61. The van der Waals surface area contributed by atoms with E-state index < -0.39 is 62.2 Å². The molecule has 4 rings (SSSR count). The standard InChI is InChI=1S/C28H32F5N5O4S/c1-5-41-16-38(26-10-11-34-15-35-26)43(39,40)25-14-22(30)27(36-17(25)2)42-24-9-6-18(12-23(24)37(3)4)20-13-19(28(31,32)33)7-8-21(20)29/h7-8,10-11,13-15,18,23-24H,5-6,9,12,16H2,1-4H3/t18-,23-,24-/m0/s1. The average Bonchev–Trinajstić information content (AvgIpc) is 2.95. The number of rotatable bonds is 10. The van der Waals surface area contributed by atoms with Gasteiger partial charge in [-0.05, 0) is 76.9 Å². The zero-order chi connectivity index (χ0) is 31.5. The molecule has 43 heavy (non-hydrogen) atoms. The summed E-state index contributed by atoms with van der Waals surface area (Å²) in [5.74, 6) is -2.68. The van der Waals surface area contributed by atoms with Gasteiger partial charge in [0.2, 0.25) is 0 Å². The molecule has 2 aromatic heterocycles.